The van der Waals surface area contributed by atoms with Crippen LogP contribution in [0.5, 0.6) is 0 Å². The summed E-state index contributed by atoms with van der Waals surface area (Å²) in [6.07, 6.45) is 1.92. The zero-order valence-electron chi connectivity index (χ0n) is 23.7. The molecular weight excluding hydrogens is 550 g/mol. The molecular formula is C32H39N5O4S. The third kappa shape index (κ3) is 8.36. The van der Waals surface area contributed by atoms with Crippen molar-refractivity contribution in [3.05, 3.63) is 96.1 Å². The average Bonchev–Trinajstić information content (AvgIpc) is 2.99. The van der Waals surface area contributed by atoms with Crippen LogP contribution in [0.3, 0.4) is 0 Å². The van der Waals surface area contributed by atoms with E-state index in [0.717, 1.165) is 37.8 Å². The molecule has 0 saturated carbocycles. The zero-order valence-corrected chi connectivity index (χ0v) is 24.5. The van der Waals surface area contributed by atoms with Crippen LogP contribution in [0.15, 0.2) is 84.9 Å². The normalized spacial score (nSPS) is 12.5. The molecule has 0 fully saturated rings. The molecule has 4 rings (SSSR count). The van der Waals surface area contributed by atoms with Crippen LogP contribution in [0.4, 0.5) is 0 Å². The first-order valence-electron chi connectivity index (χ1n) is 14.2. The van der Waals surface area contributed by atoms with Gasteiger partial charge < -0.3 is 22.1 Å². The molecule has 9 nitrogen and oxygen atoms in total. The number of sulfonamides is 1. The van der Waals surface area contributed by atoms with Gasteiger partial charge in [0.1, 0.15) is 0 Å². The van der Waals surface area contributed by atoms with Crippen molar-refractivity contribution in [3.63, 3.8) is 0 Å². The summed E-state index contributed by atoms with van der Waals surface area (Å²) in [5.41, 5.74) is 12.7. The van der Waals surface area contributed by atoms with Gasteiger partial charge in [-0.2, -0.15) is 4.31 Å². The second kappa shape index (κ2) is 14.9. The molecule has 2 amide bonds. The number of carbonyl (C=O) groups excluding carboxylic acids is 2. The summed E-state index contributed by atoms with van der Waals surface area (Å²) in [5.74, 6) is -1.06. The highest BCUT2D eigenvalue weighted by Gasteiger charge is 2.28. The highest BCUT2D eigenvalue weighted by atomic mass is 32.2. The minimum absolute atomic E-state index is 0.0616. The Bertz CT molecular complexity index is 1620. The van der Waals surface area contributed by atoms with E-state index in [1.54, 1.807) is 6.07 Å². The average molecular weight is 590 g/mol. The number of carbonyl (C=O) groups is 2. The van der Waals surface area contributed by atoms with Gasteiger partial charge in [0, 0.05) is 31.2 Å². The van der Waals surface area contributed by atoms with Gasteiger partial charge in [-0.15, -0.1) is 0 Å². The van der Waals surface area contributed by atoms with E-state index in [4.69, 9.17) is 11.5 Å². The van der Waals surface area contributed by atoms with E-state index in [-0.39, 0.29) is 37.8 Å². The van der Waals surface area contributed by atoms with Gasteiger partial charge in [-0.05, 0) is 58.6 Å². The van der Waals surface area contributed by atoms with E-state index >= 15 is 0 Å². The highest BCUT2D eigenvalue weighted by Crippen LogP contribution is 2.19. The fourth-order valence-electron chi connectivity index (χ4n) is 5.00. The SMILES string of the molecule is NCCCC[C@@H](CN(CC(=O)NCc1cccc2ccccc12)S(=O)(=O)CCN)NC(=O)c1ccc2ccccc2c1. The number of fused-ring (bicyclic) bond motifs is 2. The van der Waals surface area contributed by atoms with Gasteiger partial charge in [-0.25, -0.2) is 8.42 Å². The topological polar surface area (TPSA) is 148 Å². The number of nitrogens with zero attached hydrogens (tertiary/aromatic N) is 1. The van der Waals surface area contributed by atoms with Gasteiger partial charge in [0.15, 0.2) is 0 Å². The number of hydrogen-bond donors (Lipinski definition) is 4. The molecule has 0 spiro atoms. The van der Waals surface area contributed by atoms with Gasteiger partial charge >= 0.3 is 0 Å². The molecule has 0 aliphatic rings. The minimum atomic E-state index is -3.87. The molecule has 10 heteroatoms. The first-order valence-corrected chi connectivity index (χ1v) is 15.8. The van der Waals surface area contributed by atoms with Crippen molar-refractivity contribution in [2.45, 2.75) is 31.8 Å². The van der Waals surface area contributed by atoms with Crippen LogP contribution < -0.4 is 22.1 Å². The number of hydrogen-bond acceptors (Lipinski definition) is 6. The number of unbranched alkanes of at least 4 members (excludes halogenated alkanes) is 1. The maximum Gasteiger partial charge on any atom is 0.251 e. The molecule has 0 radical (unpaired) electrons. The molecule has 6 N–H and O–H groups in total. The standard InChI is InChI=1S/C32H39N5O4S/c33-17-6-5-13-29(36-32(39)27-16-15-24-8-1-2-10-26(24)20-27)22-37(42(40,41)19-18-34)23-31(38)35-21-28-12-7-11-25-9-3-4-14-30(25)28/h1-4,7-12,14-16,20,29H,5-6,13,17-19,21-23,33-34H2,(H,35,38)(H,36,39)/t29-/m0/s1. The molecule has 0 saturated heterocycles. The van der Waals surface area contributed by atoms with Crippen LogP contribution in [0.1, 0.15) is 35.2 Å². The van der Waals surface area contributed by atoms with Crippen LogP contribution >= 0.6 is 0 Å². The van der Waals surface area contributed by atoms with E-state index < -0.39 is 22.0 Å². The summed E-state index contributed by atoms with van der Waals surface area (Å²) >= 11 is 0. The van der Waals surface area contributed by atoms with Crippen molar-refractivity contribution in [1.82, 2.24) is 14.9 Å². The van der Waals surface area contributed by atoms with Crippen LogP contribution in [0, 0.1) is 0 Å². The summed E-state index contributed by atoms with van der Waals surface area (Å²) in [5, 5.41) is 9.89. The number of nitrogens with one attached hydrogen (secondary N) is 2. The molecule has 4 aromatic carbocycles. The molecule has 0 bridgehead atoms. The van der Waals surface area contributed by atoms with Crippen LogP contribution in [-0.4, -0.2) is 62.5 Å². The summed E-state index contributed by atoms with van der Waals surface area (Å²) in [7, 11) is -3.87. The first-order chi connectivity index (χ1) is 20.3. The van der Waals surface area contributed by atoms with Crippen molar-refractivity contribution >= 4 is 43.4 Å². The summed E-state index contributed by atoms with van der Waals surface area (Å²) in [6, 6.07) is 26.4. The maximum atomic E-state index is 13.3. The Balaban J connectivity index is 1.49. The fraction of sp³-hybridized carbons (Fsp3) is 0.312. The number of nitrogens with two attached hydrogens (primary N) is 2. The molecule has 0 aliphatic carbocycles. The van der Waals surface area contributed by atoms with Crippen molar-refractivity contribution in [2.24, 2.45) is 11.5 Å². The summed E-state index contributed by atoms with van der Waals surface area (Å²) in [6.45, 7) is 0.207. The summed E-state index contributed by atoms with van der Waals surface area (Å²) < 4.78 is 27.6. The van der Waals surface area contributed by atoms with Gasteiger partial charge in [0.25, 0.3) is 5.91 Å². The van der Waals surface area contributed by atoms with Crippen molar-refractivity contribution in [3.8, 4) is 0 Å². The lowest BCUT2D eigenvalue weighted by Gasteiger charge is -2.27. The van der Waals surface area contributed by atoms with Gasteiger partial charge in [0.05, 0.1) is 12.3 Å². The number of amides is 2. The van der Waals surface area contributed by atoms with Crippen molar-refractivity contribution in [1.29, 1.82) is 0 Å². The number of rotatable bonds is 15. The molecule has 0 heterocycles. The summed E-state index contributed by atoms with van der Waals surface area (Å²) in [4.78, 5) is 26.3. The largest absolute Gasteiger partial charge is 0.351 e. The van der Waals surface area contributed by atoms with Crippen LogP contribution in [-0.2, 0) is 21.4 Å². The Kier molecular flexibility index (Phi) is 11.0. The Morgan fingerprint density at radius 3 is 2.29 bits per heavy atom. The van der Waals surface area contributed by atoms with Gasteiger partial charge in [-0.3, -0.25) is 9.59 Å². The van der Waals surface area contributed by atoms with Crippen LogP contribution in [0.25, 0.3) is 21.5 Å². The number of benzene rings is 4. The van der Waals surface area contributed by atoms with E-state index in [9.17, 15) is 18.0 Å². The Labute approximate surface area is 247 Å². The van der Waals surface area contributed by atoms with E-state index in [1.807, 2.05) is 78.9 Å². The molecule has 4 aromatic rings. The smallest absolute Gasteiger partial charge is 0.251 e. The van der Waals surface area contributed by atoms with Gasteiger partial charge in [-0.1, -0.05) is 79.2 Å². The second-order valence-electron chi connectivity index (χ2n) is 10.3. The van der Waals surface area contributed by atoms with Crippen molar-refractivity contribution in [2.75, 3.05) is 31.9 Å². The molecule has 42 heavy (non-hydrogen) atoms. The Morgan fingerprint density at radius 2 is 1.52 bits per heavy atom. The molecule has 222 valence electrons. The second-order valence-corrected chi connectivity index (χ2v) is 12.4. The van der Waals surface area contributed by atoms with Crippen molar-refractivity contribution < 1.29 is 18.0 Å². The minimum Gasteiger partial charge on any atom is -0.351 e. The van der Waals surface area contributed by atoms with E-state index in [2.05, 4.69) is 10.6 Å². The predicted molar refractivity (Wildman–Crippen MR) is 168 cm³/mol. The third-order valence-corrected chi connectivity index (χ3v) is 9.04. The lowest BCUT2D eigenvalue weighted by atomic mass is 10.0. The van der Waals surface area contributed by atoms with E-state index in [1.165, 1.54) is 0 Å². The van der Waals surface area contributed by atoms with Gasteiger partial charge in [0.2, 0.25) is 15.9 Å². The molecule has 0 unspecified atom stereocenters. The lowest BCUT2D eigenvalue weighted by Crippen LogP contribution is -2.50. The molecule has 1 atom stereocenters. The fourth-order valence-corrected chi connectivity index (χ4v) is 6.28. The highest BCUT2D eigenvalue weighted by molar-refractivity contribution is 7.89. The van der Waals surface area contributed by atoms with Crippen LogP contribution in [0.2, 0.25) is 0 Å². The Morgan fingerprint density at radius 1 is 0.810 bits per heavy atom. The lowest BCUT2D eigenvalue weighted by molar-refractivity contribution is -0.121. The predicted octanol–water partition coefficient (Wildman–Crippen LogP) is 3.13. The monoisotopic (exact) mass is 589 g/mol. The molecule has 0 aromatic heterocycles. The maximum absolute atomic E-state index is 13.3. The Hall–Kier alpha value is -3.83. The molecule has 0 aliphatic heterocycles. The third-order valence-electron chi connectivity index (χ3n) is 7.22. The van der Waals surface area contributed by atoms with E-state index in [0.29, 0.717) is 24.9 Å². The first kappa shape index (κ1) is 31.1. The zero-order chi connectivity index (χ0) is 30.0. The quantitative estimate of drug-likeness (QED) is 0.157.